The van der Waals surface area contributed by atoms with Crippen LogP contribution in [0.5, 0.6) is 0 Å². The Morgan fingerprint density at radius 2 is 2.12 bits per heavy atom. The summed E-state index contributed by atoms with van der Waals surface area (Å²) in [6.07, 6.45) is 0. The first-order valence-corrected chi connectivity index (χ1v) is 5.64. The van der Waals surface area contributed by atoms with Crippen molar-refractivity contribution in [2.24, 2.45) is 0 Å². The van der Waals surface area contributed by atoms with Gasteiger partial charge in [-0.2, -0.15) is 5.48 Å². The van der Waals surface area contributed by atoms with Crippen molar-refractivity contribution in [2.45, 2.75) is 0 Å². The number of nitrogen functional groups attached to an aromatic ring is 2. The summed E-state index contributed by atoms with van der Waals surface area (Å²) in [5.41, 5.74) is 8.80. The fourth-order valence-electron chi connectivity index (χ4n) is 1.98. The zero-order chi connectivity index (χ0) is 12.3. The van der Waals surface area contributed by atoms with E-state index in [9.17, 15) is 0 Å². The summed E-state index contributed by atoms with van der Waals surface area (Å²) >= 11 is 0. The Hall–Kier alpha value is -1.63. The molecular weight excluding hydrogens is 218 g/mol. The first-order valence-electron chi connectivity index (χ1n) is 5.64. The van der Waals surface area contributed by atoms with Gasteiger partial charge in [0.1, 0.15) is 0 Å². The van der Waals surface area contributed by atoms with Crippen LogP contribution in [0.2, 0.25) is 0 Å². The number of hydrogen-bond acceptors (Lipinski definition) is 5. The van der Waals surface area contributed by atoms with Crippen molar-refractivity contribution >= 4 is 17.2 Å². The van der Waals surface area contributed by atoms with Crippen LogP contribution in [0.15, 0.2) is 18.2 Å². The number of amidine groups is 1. The van der Waals surface area contributed by atoms with Gasteiger partial charge in [-0.15, -0.1) is 0 Å². The molecule has 1 saturated heterocycles. The second kappa shape index (κ2) is 5.13. The lowest BCUT2D eigenvalue weighted by atomic mass is 10.1. The maximum Gasteiger partial charge on any atom is 0.258 e. The lowest BCUT2D eigenvalue weighted by Crippen LogP contribution is -2.84. The van der Waals surface area contributed by atoms with Gasteiger partial charge in [-0.3, -0.25) is 0 Å². The molecular formula is C11H18N5O+. The molecule has 1 aromatic rings. The molecule has 92 valence electrons. The van der Waals surface area contributed by atoms with E-state index in [-0.39, 0.29) is 5.84 Å². The molecule has 2 rings (SSSR count). The van der Waals surface area contributed by atoms with E-state index in [0.29, 0.717) is 11.3 Å². The molecule has 0 radical (unpaired) electrons. The average Bonchev–Trinajstić information content (AvgIpc) is 2.39. The third-order valence-corrected chi connectivity index (χ3v) is 2.94. The maximum absolute atomic E-state index is 8.81. The molecule has 6 heteroatoms. The highest BCUT2D eigenvalue weighted by Crippen LogP contribution is 2.21. The Balaban J connectivity index is 2.20. The fraction of sp³-hybridized carbons (Fsp3) is 0.364. The summed E-state index contributed by atoms with van der Waals surface area (Å²) in [5.74, 6) is 0.0364. The van der Waals surface area contributed by atoms with Gasteiger partial charge in [0.25, 0.3) is 5.84 Å². The van der Waals surface area contributed by atoms with Gasteiger partial charge in [0.15, 0.2) is 0 Å². The quantitative estimate of drug-likeness (QED) is 0.196. The molecule has 1 aliphatic heterocycles. The van der Waals surface area contributed by atoms with Crippen LogP contribution in [0.25, 0.3) is 0 Å². The molecule has 0 aliphatic carbocycles. The topological polar surface area (TPSA) is 102 Å². The molecule has 0 spiro atoms. The van der Waals surface area contributed by atoms with Crippen molar-refractivity contribution in [2.75, 3.05) is 36.8 Å². The van der Waals surface area contributed by atoms with Crippen LogP contribution in [0.3, 0.4) is 0 Å². The number of hydroxylamine groups is 1. The zero-order valence-electron chi connectivity index (χ0n) is 9.61. The summed E-state index contributed by atoms with van der Waals surface area (Å²) in [4.78, 5) is 2.25. The van der Waals surface area contributed by atoms with E-state index in [1.165, 1.54) is 0 Å². The van der Waals surface area contributed by atoms with Gasteiger partial charge in [-0.25, -0.2) is 10.6 Å². The SMILES string of the molecule is N=C([NH2+]O)c1ccc(N2CCNCC2)cc1N. The number of hydrogen-bond donors (Lipinski definition) is 5. The molecule has 0 aromatic heterocycles. The van der Waals surface area contributed by atoms with Crippen molar-refractivity contribution < 1.29 is 10.7 Å². The third kappa shape index (κ3) is 2.55. The van der Waals surface area contributed by atoms with Crippen LogP contribution >= 0.6 is 0 Å². The number of piperazine rings is 1. The van der Waals surface area contributed by atoms with Crippen molar-refractivity contribution in [1.29, 1.82) is 5.41 Å². The van der Waals surface area contributed by atoms with Crippen LogP contribution in [0, 0.1) is 5.41 Å². The number of nitrogens with one attached hydrogen (secondary N) is 2. The van der Waals surface area contributed by atoms with E-state index >= 15 is 0 Å². The van der Waals surface area contributed by atoms with E-state index in [0.717, 1.165) is 37.3 Å². The number of nitrogens with two attached hydrogens (primary N) is 2. The summed E-state index contributed by atoms with van der Waals surface area (Å²) in [6, 6.07) is 5.58. The number of anilines is 2. The molecule has 1 aromatic carbocycles. The lowest BCUT2D eigenvalue weighted by molar-refractivity contribution is -0.801. The smallest absolute Gasteiger partial charge is 0.258 e. The molecule has 1 heterocycles. The predicted octanol–water partition coefficient (Wildman–Crippen LogP) is -1.04. The Labute approximate surface area is 99.9 Å². The van der Waals surface area contributed by atoms with Crippen LogP contribution in [0.1, 0.15) is 5.56 Å². The summed E-state index contributed by atoms with van der Waals surface area (Å²) in [7, 11) is 0. The molecule has 0 atom stereocenters. The number of rotatable bonds is 2. The Morgan fingerprint density at radius 3 is 2.71 bits per heavy atom. The highest BCUT2D eigenvalue weighted by atomic mass is 16.5. The first-order chi connectivity index (χ1) is 8.22. The molecule has 17 heavy (non-hydrogen) atoms. The summed E-state index contributed by atoms with van der Waals surface area (Å²) < 4.78 is 0. The minimum absolute atomic E-state index is 0.0364. The normalized spacial score (nSPS) is 15.9. The summed E-state index contributed by atoms with van der Waals surface area (Å²) in [5, 5.41) is 19.6. The molecule has 1 fully saturated rings. The standard InChI is InChI=1S/C11H17N5O/c12-10-7-8(16-5-3-14-4-6-16)1-2-9(10)11(13)15-17/h1-2,7,14,17H,3-6,12H2,(H2,13,15)/p+1. The van der Waals surface area contributed by atoms with Crippen molar-refractivity contribution in [3.8, 4) is 0 Å². The number of nitrogens with zero attached hydrogens (tertiary/aromatic N) is 1. The van der Waals surface area contributed by atoms with Crippen LogP contribution in [-0.4, -0.2) is 37.2 Å². The van der Waals surface area contributed by atoms with Gasteiger partial charge < -0.3 is 16.0 Å². The Kier molecular flexibility index (Phi) is 3.58. The third-order valence-electron chi connectivity index (χ3n) is 2.94. The van der Waals surface area contributed by atoms with E-state index in [1.54, 1.807) is 6.07 Å². The molecule has 7 N–H and O–H groups in total. The highest BCUT2D eigenvalue weighted by molar-refractivity contribution is 5.95. The van der Waals surface area contributed by atoms with Crippen molar-refractivity contribution in [1.82, 2.24) is 5.32 Å². The number of quaternary nitrogens is 1. The minimum atomic E-state index is 0.0364. The molecule has 0 amide bonds. The van der Waals surface area contributed by atoms with Gasteiger partial charge in [0.05, 0.1) is 5.56 Å². The molecule has 0 unspecified atom stereocenters. The second-order valence-corrected chi connectivity index (χ2v) is 4.05. The largest absolute Gasteiger partial charge is 0.398 e. The van der Waals surface area contributed by atoms with E-state index < -0.39 is 0 Å². The van der Waals surface area contributed by atoms with Gasteiger partial charge >= 0.3 is 0 Å². The molecule has 0 saturated carbocycles. The Morgan fingerprint density at radius 1 is 1.41 bits per heavy atom. The van der Waals surface area contributed by atoms with Crippen LogP contribution in [-0.2, 0) is 0 Å². The molecule has 1 aliphatic rings. The van der Waals surface area contributed by atoms with Gasteiger partial charge in [-0.05, 0) is 18.2 Å². The average molecular weight is 236 g/mol. The van der Waals surface area contributed by atoms with Gasteiger partial charge in [0.2, 0.25) is 0 Å². The first kappa shape index (κ1) is 11.8. The van der Waals surface area contributed by atoms with E-state index in [4.69, 9.17) is 16.4 Å². The highest BCUT2D eigenvalue weighted by Gasteiger charge is 2.14. The monoisotopic (exact) mass is 236 g/mol. The predicted molar refractivity (Wildman–Crippen MR) is 66.5 cm³/mol. The van der Waals surface area contributed by atoms with Gasteiger partial charge in [-0.1, -0.05) is 0 Å². The summed E-state index contributed by atoms with van der Waals surface area (Å²) in [6.45, 7) is 3.87. The van der Waals surface area contributed by atoms with E-state index in [2.05, 4.69) is 10.2 Å². The molecule has 0 bridgehead atoms. The second-order valence-electron chi connectivity index (χ2n) is 4.05. The fourth-order valence-corrected chi connectivity index (χ4v) is 1.98. The van der Waals surface area contributed by atoms with E-state index in [1.807, 2.05) is 12.1 Å². The minimum Gasteiger partial charge on any atom is -0.398 e. The van der Waals surface area contributed by atoms with Crippen LogP contribution < -0.4 is 21.4 Å². The van der Waals surface area contributed by atoms with Crippen molar-refractivity contribution in [3.63, 3.8) is 0 Å². The van der Waals surface area contributed by atoms with Crippen molar-refractivity contribution in [3.05, 3.63) is 23.8 Å². The number of benzene rings is 1. The Bertz CT molecular complexity index is 414. The maximum atomic E-state index is 8.81. The van der Waals surface area contributed by atoms with Gasteiger partial charge in [0, 0.05) is 37.6 Å². The lowest BCUT2D eigenvalue weighted by Gasteiger charge is -2.29. The molecule has 6 nitrogen and oxygen atoms in total. The zero-order valence-corrected chi connectivity index (χ0v) is 9.61. The van der Waals surface area contributed by atoms with Crippen LogP contribution in [0.4, 0.5) is 11.4 Å².